The number of hydrogen-bond acceptors (Lipinski definition) is 3. The van der Waals surface area contributed by atoms with Gasteiger partial charge < -0.3 is 14.6 Å². The Balaban J connectivity index is 3.01. The van der Waals surface area contributed by atoms with E-state index in [1.807, 2.05) is 0 Å². The lowest BCUT2D eigenvalue weighted by Gasteiger charge is -2.16. The molecule has 0 spiro atoms. The second kappa shape index (κ2) is 7.29. The Kier molecular flexibility index (Phi) is 6.00. The molecule has 0 bridgehead atoms. The number of carbonyl (C=O) groups excluding carboxylic acids is 2. The first kappa shape index (κ1) is 17.3. The second-order valence-corrected chi connectivity index (χ2v) is 5.66. The van der Waals surface area contributed by atoms with Gasteiger partial charge in [-0.2, -0.15) is 0 Å². The van der Waals surface area contributed by atoms with Crippen LogP contribution in [0.4, 0.5) is 0 Å². The maximum atomic E-state index is 12.4. The van der Waals surface area contributed by atoms with Gasteiger partial charge in [0.1, 0.15) is 5.69 Å². The van der Waals surface area contributed by atoms with E-state index >= 15 is 0 Å². The van der Waals surface area contributed by atoms with Gasteiger partial charge >= 0.3 is 5.97 Å². The summed E-state index contributed by atoms with van der Waals surface area (Å²) in [6.45, 7) is 9.97. The third kappa shape index (κ3) is 4.09. The van der Waals surface area contributed by atoms with E-state index in [1.54, 1.807) is 39.6 Å². The molecule has 0 aliphatic rings. The molecule has 1 N–H and O–H groups in total. The van der Waals surface area contributed by atoms with Crippen LogP contribution in [0.25, 0.3) is 0 Å². The molecule has 1 heterocycles. The first-order valence-corrected chi connectivity index (χ1v) is 7.45. The minimum Gasteiger partial charge on any atom is -0.459 e. The molecule has 0 unspecified atom stereocenters. The number of rotatable bonds is 6. The van der Waals surface area contributed by atoms with Crippen molar-refractivity contribution in [2.24, 2.45) is 0 Å². The fraction of sp³-hybridized carbons (Fsp3) is 0.625. The van der Waals surface area contributed by atoms with Crippen LogP contribution in [0, 0.1) is 13.8 Å². The molecule has 0 saturated carbocycles. The van der Waals surface area contributed by atoms with Crippen LogP contribution in [0.1, 0.15) is 65.7 Å². The van der Waals surface area contributed by atoms with Crippen LogP contribution < -0.4 is 0 Å². The molecule has 0 atom stereocenters. The Morgan fingerprint density at radius 3 is 2.43 bits per heavy atom. The highest BCUT2D eigenvalue weighted by Gasteiger charge is 2.25. The predicted molar refractivity (Wildman–Crippen MR) is 82.7 cm³/mol. The molecule has 1 amide bonds. The van der Waals surface area contributed by atoms with Gasteiger partial charge in [-0.25, -0.2) is 4.79 Å². The third-order valence-electron chi connectivity index (χ3n) is 3.39. The minimum absolute atomic E-state index is 0.0901. The number of unbranched alkanes of at least 4 members (excludes halogenated alkanes) is 1. The van der Waals surface area contributed by atoms with Gasteiger partial charge in [0, 0.05) is 19.3 Å². The van der Waals surface area contributed by atoms with Gasteiger partial charge in [-0.15, -0.1) is 0 Å². The van der Waals surface area contributed by atoms with E-state index in [0.29, 0.717) is 29.1 Å². The zero-order valence-corrected chi connectivity index (χ0v) is 13.9. The molecule has 118 valence electrons. The van der Waals surface area contributed by atoms with Gasteiger partial charge in [0.25, 0.3) is 5.91 Å². The van der Waals surface area contributed by atoms with Crippen LogP contribution in [0.2, 0.25) is 0 Å². The summed E-state index contributed by atoms with van der Waals surface area (Å²) in [5, 5.41) is 0. The number of aromatic nitrogens is 1. The predicted octanol–water partition coefficient (Wildman–Crippen LogP) is 3.07. The minimum atomic E-state index is -0.383. The number of aromatic amines is 1. The fourth-order valence-corrected chi connectivity index (χ4v) is 2.23. The van der Waals surface area contributed by atoms with Crippen LogP contribution in [-0.4, -0.2) is 41.5 Å². The monoisotopic (exact) mass is 294 g/mol. The van der Waals surface area contributed by atoms with Crippen molar-refractivity contribution in [2.75, 3.05) is 13.6 Å². The van der Waals surface area contributed by atoms with Crippen molar-refractivity contribution in [1.82, 2.24) is 9.88 Å². The number of aryl methyl sites for hydroxylation is 1. The van der Waals surface area contributed by atoms with E-state index in [-0.39, 0.29) is 18.0 Å². The van der Waals surface area contributed by atoms with Crippen LogP contribution in [0.5, 0.6) is 0 Å². The summed E-state index contributed by atoms with van der Waals surface area (Å²) in [5.41, 5.74) is 2.27. The molecule has 0 radical (unpaired) electrons. The van der Waals surface area contributed by atoms with Crippen molar-refractivity contribution in [3.8, 4) is 0 Å². The molecule has 1 aromatic rings. The first-order valence-electron chi connectivity index (χ1n) is 7.45. The topological polar surface area (TPSA) is 62.4 Å². The standard InChI is InChI=1S/C16H26N2O3/c1-7-8-9-18(6)15(19)14-11(4)13(12(5)17-14)16(20)21-10(2)3/h10,17H,7-9H2,1-6H3. The number of nitrogens with one attached hydrogen (secondary N) is 1. The van der Waals surface area contributed by atoms with Crippen molar-refractivity contribution >= 4 is 11.9 Å². The molecule has 5 heteroatoms. The van der Waals surface area contributed by atoms with Crippen LogP contribution >= 0.6 is 0 Å². The highest BCUT2D eigenvalue weighted by Crippen LogP contribution is 2.20. The molecular weight excluding hydrogens is 268 g/mol. The zero-order valence-electron chi connectivity index (χ0n) is 13.9. The quantitative estimate of drug-likeness (QED) is 0.820. The van der Waals surface area contributed by atoms with Crippen molar-refractivity contribution < 1.29 is 14.3 Å². The Morgan fingerprint density at radius 1 is 1.29 bits per heavy atom. The molecule has 21 heavy (non-hydrogen) atoms. The maximum Gasteiger partial charge on any atom is 0.340 e. The molecule has 5 nitrogen and oxygen atoms in total. The summed E-state index contributed by atoms with van der Waals surface area (Å²) in [4.78, 5) is 29.2. The lowest BCUT2D eigenvalue weighted by atomic mass is 10.1. The van der Waals surface area contributed by atoms with Crippen molar-refractivity contribution in [1.29, 1.82) is 0 Å². The summed E-state index contributed by atoms with van der Waals surface area (Å²) in [5.74, 6) is -0.473. The Hall–Kier alpha value is -1.78. The number of amides is 1. The van der Waals surface area contributed by atoms with Crippen LogP contribution in [0.3, 0.4) is 0 Å². The molecule has 0 aliphatic carbocycles. The van der Waals surface area contributed by atoms with Crippen LogP contribution in [-0.2, 0) is 4.74 Å². The smallest absolute Gasteiger partial charge is 0.340 e. The first-order chi connectivity index (χ1) is 9.79. The lowest BCUT2D eigenvalue weighted by molar-refractivity contribution is 0.0376. The second-order valence-electron chi connectivity index (χ2n) is 5.66. The van der Waals surface area contributed by atoms with Gasteiger partial charge in [-0.1, -0.05) is 13.3 Å². The largest absolute Gasteiger partial charge is 0.459 e. The van der Waals surface area contributed by atoms with Gasteiger partial charge in [-0.05, 0) is 39.7 Å². The molecule has 0 aliphatic heterocycles. The third-order valence-corrected chi connectivity index (χ3v) is 3.39. The molecule has 0 saturated heterocycles. The van der Waals surface area contributed by atoms with E-state index < -0.39 is 0 Å². The van der Waals surface area contributed by atoms with Gasteiger partial charge in [0.2, 0.25) is 0 Å². The SMILES string of the molecule is CCCCN(C)C(=O)c1[nH]c(C)c(C(=O)OC(C)C)c1C. The molecular formula is C16H26N2O3. The average Bonchev–Trinajstić information content (AvgIpc) is 2.69. The lowest BCUT2D eigenvalue weighted by Crippen LogP contribution is -2.28. The number of esters is 1. The van der Waals surface area contributed by atoms with Gasteiger partial charge in [0.15, 0.2) is 0 Å². The van der Waals surface area contributed by atoms with Crippen molar-refractivity contribution in [3.05, 3.63) is 22.5 Å². The summed E-state index contributed by atoms with van der Waals surface area (Å²) in [6, 6.07) is 0. The highest BCUT2D eigenvalue weighted by atomic mass is 16.5. The molecule has 1 aromatic heterocycles. The van der Waals surface area contributed by atoms with Gasteiger partial charge in [0.05, 0.1) is 11.7 Å². The van der Waals surface area contributed by atoms with E-state index in [4.69, 9.17) is 4.74 Å². The normalized spacial score (nSPS) is 10.8. The Morgan fingerprint density at radius 2 is 1.90 bits per heavy atom. The van der Waals surface area contributed by atoms with E-state index in [9.17, 15) is 9.59 Å². The molecule has 0 aromatic carbocycles. The van der Waals surface area contributed by atoms with E-state index in [1.165, 1.54) is 0 Å². The van der Waals surface area contributed by atoms with Crippen molar-refractivity contribution in [2.45, 2.75) is 53.6 Å². The number of nitrogens with zero attached hydrogens (tertiary/aromatic N) is 1. The van der Waals surface area contributed by atoms with Crippen molar-refractivity contribution in [3.63, 3.8) is 0 Å². The number of ether oxygens (including phenoxy) is 1. The fourth-order valence-electron chi connectivity index (χ4n) is 2.23. The maximum absolute atomic E-state index is 12.4. The summed E-state index contributed by atoms with van der Waals surface area (Å²) in [6.07, 6.45) is 1.81. The summed E-state index contributed by atoms with van der Waals surface area (Å²) >= 11 is 0. The summed E-state index contributed by atoms with van der Waals surface area (Å²) in [7, 11) is 1.78. The molecule has 1 rings (SSSR count). The number of hydrogen-bond donors (Lipinski definition) is 1. The average molecular weight is 294 g/mol. The van der Waals surface area contributed by atoms with Gasteiger partial charge in [-0.3, -0.25) is 4.79 Å². The van der Waals surface area contributed by atoms with E-state index in [0.717, 1.165) is 12.8 Å². The Labute approximate surface area is 126 Å². The van der Waals surface area contributed by atoms with E-state index in [2.05, 4.69) is 11.9 Å². The van der Waals surface area contributed by atoms with Crippen LogP contribution in [0.15, 0.2) is 0 Å². The molecule has 0 fully saturated rings. The zero-order chi connectivity index (χ0) is 16.2. The summed E-state index contributed by atoms with van der Waals surface area (Å²) < 4.78 is 5.23. The Bertz CT molecular complexity index is 518. The number of carbonyl (C=O) groups is 2. The number of H-pyrrole nitrogens is 1. The highest BCUT2D eigenvalue weighted by molar-refractivity contribution is 6.00.